The summed E-state index contributed by atoms with van der Waals surface area (Å²) in [5.41, 5.74) is 1.48. The first-order valence-electron chi connectivity index (χ1n) is 11.9. The SMILES string of the molecule is C#CCOc1ccc(-c2ccc(OCc3cn(CCC(F)(F)C(F)(F)C(F)(F)C(F)(F)C(F)(F)C(F)(F)F)nn3)cc2)cc1. The predicted octanol–water partition coefficient (Wildman–Crippen LogP) is 7.67. The molecule has 0 radical (unpaired) electrons. The number of alkyl halides is 13. The van der Waals surface area contributed by atoms with Crippen molar-refractivity contribution in [1.29, 1.82) is 0 Å². The number of benzene rings is 2. The lowest BCUT2D eigenvalue weighted by Crippen LogP contribution is -2.70. The van der Waals surface area contributed by atoms with Gasteiger partial charge in [-0.25, -0.2) is 0 Å². The van der Waals surface area contributed by atoms with Gasteiger partial charge < -0.3 is 9.47 Å². The molecule has 18 heteroatoms. The Hall–Kier alpha value is -4.17. The molecule has 3 rings (SSSR count). The Balaban J connectivity index is 1.61. The maximum atomic E-state index is 14.0. The van der Waals surface area contributed by atoms with Crippen molar-refractivity contribution in [2.45, 2.75) is 55.4 Å². The summed E-state index contributed by atoms with van der Waals surface area (Å²) in [6, 6.07) is 13.4. The van der Waals surface area contributed by atoms with Crippen molar-refractivity contribution in [1.82, 2.24) is 15.0 Å². The molecule has 0 amide bonds. The average Bonchev–Trinajstić information content (AvgIpc) is 3.41. The van der Waals surface area contributed by atoms with E-state index in [1.54, 1.807) is 48.5 Å². The van der Waals surface area contributed by atoms with E-state index in [0.717, 1.165) is 17.3 Å². The predicted molar refractivity (Wildman–Crippen MR) is 126 cm³/mol. The summed E-state index contributed by atoms with van der Waals surface area (Å²) in [4.78, 5) is 0. The van der Waals surface area contributed by atoms with Gasteiger partial charge in [0, 0.05) is 13.0 Å². The molecule has 1 heterocycles. The van der Waals surface area contributed by atoms with E-state index in [2.05, 4.69) is 16.2 Å². The number of aryl methyl sites for hydroxylation is 1. The molecule has 1 aromatic heterocycles. The second-order valence-corrected chi connectivity index (χ2v) is 9.05. The largest absolute Gasteiger partial charge is 0.487 e. The van der Waals surface area contributed by atoms with Crippen LogP contribution in [0.25, 0.3) is 11.1 Å². The second kappa shape index (κ2) is 12.1. The van der Waals surface area contributed by atoms with Crippen LogP contribution < -0.4 is 9.47 Å². The van der Waals surface area contributed by atoms with Crippen LogP contribution in [0, 0.1) is 12.3 Å². The summed E-state index contributed by atoms with van der Waals surface area (Å²) in [5.74, 6) is -33.9. The van der Waals surface area contributed by atoms with Crippen molar-refractivity contribution in [3.63, 3.8) is 0 Å². The summed E-state index contributed by atoms with van der Waals surface area (Å²) < 4.78 is 183. The topological polar surface area (TPSA) is 49.2 Å². The number of ether oxygens (including phenoxy) is 2. The van der Waals surface area contributed by atoms with Gasteiger partial charge in [0.1, 0.15) is 30.4 Å². The molecule has 0 aliphatic rings. The number of hydrogen-bond acceptors (Lipinski definition) is 4. The van der Waals surface area contributed by atoms with E-state index in [1.807, 2.05) is 0 Å². The summed E-state index contributed by atoms with van der Waals surface area (Å²) in [6.45, 7) is -1.68. The number of halogens is 13. The summed E-state index contributed by atoms with van der Waals surface area (Å²) in [7, 11) is 0. The van der Waals surface area contributed by atoms with Crippen molar-refractivity contribution in [2.75, 3.05) is 6.61 Å². The first-order chi connectivity index (χ1) is 20.2. The molecule has 5 nitrogen and oxygen atoms in total. The molecule has 0 fully saturated rings. The Morgan fingerprint density at radius 1 is 0.659 bits per heavy atom. The third-order valence-corrected chi connectivity index (χ3v) is 5.99. The van der Waals surface area contributed by atoms with E-state index in [4.69, 9.17) is 15.9 Å². The first kappa shape index (κ1) is 34.3. The third kappa shape index (κ3) is 6.50. The number of aromatic nitrogens is 3. The molecule has 0 saturated carbocycles. The highest BCUT2D eigenvalue weighted by Crippen LogP contribution is 2.60. The van der Waals surface area contributed by atoms with E-state index in [1.165, 1.54) is 0 Å². The lowest BCUT2D eigenvalue weighted by atomic mass is 9.92. The molecule has 44 heavy (non-hydrogen) atoms. The van der Waals surface area contributed by atoms with Gasteiger partial charge in [-0.2, -0.15) is 57.1 Å². The van der Waals surface area contributed by atoms with Gasteiger partial charge in [-0.05, 0) is 35.4 Å². The Bertz CT molecular complexity index is 1450. The van der Waals surface area contributed by atoms with Crippen molar-refractivity contribution >= 4 is 0 Å². The molecule has 0 aliphatic heterocycles. The van der Waals surface area contributed by atoms with Crippen LogP contribution in [0.2, 0.25) is 0 Å². The van der Waals surface area contributed by atoms with Crippen LogP contribution in [0.1, 0.15) is 12.1 Å². The van der Waals surface area contributed by atoms with Crippen LogP contribution in [0.4, 0.5) is 57.1 Å². The smallest absolute Gasteiger partial charge is 0.460 e. The van der Waals surface area contributed by atoms with E-state index in [9.17, 15) is 57.1 Å². The number of nitrogens with zero attached hydrogens (tertiary/aromatic N) is 3. The molecular formula is C26H18F13N3O2. The van der Waals surface area contributed by atoms with Gasteiger partial charge in [-0.1, -0.05) is 35.4 Å². The molecule has 0 saturated heterocycles. The maximum Gasteiger partial charge on any atom is 0.460 e. The van der Waals surface area contributed by atoms with Crippen LogP contribution in [-0.4, -0.2) is 57.4 Å². The molecule has 0 unspecified atom stereocenters. The van der Waals surface area contributed by atoms with Gasteiger partial charge in [-0.3, -0.25) is 4.68 Å². The van der Waals surface area contributed by atoms with E-state index in [0.29, 0.717) is 10.4 Å². The van der Waals surface area contributed by atoms with Crippen LogP contribution in [0.5, 0.6) is 11.5 Å². The quantitative estimate of drug-likeness (QED) is 0.141. The van der Waals surface area contributed by atoms with Gasteiger partial charge in [0.2, 0.25) is 0 Å². The van der Waals surface area contributed by atoms with E-state index in [-0.39, 0.29) is 24.7 Å². The van der Waals surface area contributed by atoms with Crippen LogP contribution in [-0.2, 0) is 13.2 Å². The fourth-order valence-electron chi connectivity index (χ4n) is 3.50. The van der Waals surface area contributed by atoms with Gasteiger partial charge in [0.05, 0.1) is 6.20 Å². The minimum absolute atomic E-state index is 0.0973. The second-order valence-electron chi connectivity index (χ2n) is 9.05. The molecule has 2 aromatic carbocycles. The van der Waals surface area contributed by atoms with Crippen molar-refractivity contribution in [2.24, 2.45) is 0 Å². The number of terminal acetylenes is 1. The monoisotopic (exact) mass is 651 g/mol. The maximum absolute atomic E-state index is 14.0. The molecule has 3 aromatic rings. The zero-order valence-corrected chi connectivity index (χ0v) is 21.7. The molecule has 0 aliphatic carbocycles. The standard InChI is InChI=1S/C26H18F13N3O2/c1-2-13-43-19-7-3-16(4-8-19)17-5-9-20(10-6-17)44-15-18-14-42(41-40-18)12-11-21(27,28)22(29,30)23(31,32)24(33,34)25(35,36)26(37,38)39/h1,3-10,14H,11-13,15H2. The number of hydrogen-bond donors (Lipinski definition) is 0. The van der Waals surface area contributed by atoms with E-state index < -0.39 is 48.8 Å². The van der Waals surface area contributed by atoms with Gasteiger partial charge in [0.25, 0.3) is 0 Å². The Morgan fingerprint density at radius 2 is 1.14 bits per heavy atom. The normalized spacial score (nSPS) is 13.5. The zero-order valence-electron chi connectivity index (χ0n) is 21.7. The van der Waals surface area contributed by atoms with Crippen LogP contribution in [0.15, 0.2) is 54.7 Å². The number of rotatable bonds is 13. The molecular weight excluding hydrogens is 633 g/mol. The van der Waals surface area contributed by atoms with Crippen molar-refractivity contribution in [3.8, 4) is 35.0 Å². The molecule has 0 spiro atoms. The third-order valence-electron chi connectivity index (χ3n) is 5.99. The Kier molecular flexibility index (Phi) is 9.42. The molecule has 0 N–H and O–H groups in total. The molecule has 0 atom stereocenters. The minimum atomic E-state index is -7.94. The fourth-order valence-corrected chi connectivity index (χ4v) is 3.50. The van der Waals surface area contributed by atoms with E-state index >= 15 is 0 Å². The Morgan fingerprint density at radius 3 is 1.61 bits per heavy atom. The van der Waals surface area contributed by atoms with Crippen molar-refractivity contribution < 1.29 is 66.5 Å². The first-order valence-corrected chi connectivity index (χ1v) is 11.9. The summed E-state index contributed by atoms with van der Waals surface area (Å²) in [5, 5.41) is 6.73. The van der Waals surface area contributed by atoms with Crippen LogP contribution >= 0.6 is 0 Å². The Labute approximate surface area is 239 Å². The van der Waals surface area contributed by atoms with Gasteiger partial charge >= 0.3 is 35.8 Å². The lowest BCUT2D eigenvalue weighted by molar-refractivity contribution is -0.440. The highest BCUT2D eigenvalue weighted by atomic mass is 19.4. The zero-order chi connectivity index (χ0) is 33.2. The van der Waals surface area contributed by atoms with Gasteiger partial charge in [-0.15, -0.1) is 11.5 Å². The molecule has 240 valence electrons. The summed E-state index contributed by atoms with van der Waals surface area (Å²) >= 11 is 0. The average molecular weight is 651 g/mol. The van der Waals surface area contributed by atoms with Gasteiger partial charge in [0.15, 0.2) is 0 Å². The lowest BCUT2D eigenvalue weighted by Gasteiger charge is -2.39. The van der Waals surface area contributed by atoms with Crippen LogP contribution in [0.3, 0.4) is 0 Å². The molecule has 0 bridgehead atoms. The fraction of sp³-hybridized carbons (Fsp3) is 0.385. The highest BCUT2D eigenvalue weighted by molar-refractivity contribution is 5.64. The van der Waals surface area contributed by atoms with Crippen molar-refractivity contribution in [3.05, 3.63) is 60.4 Å². The highest BCUT2D eigenvalue weighted by Gasteiger charge is 2.90. The summed E-state index contributed by atoms with van der Waals surface area (Å²) in [6.07, 6.45) is -3.93. The minimum Gasteiger partial charge on any atom is -0.487 e.